The Morgan fingerprint density at radius 3 is 3.05 bits per heavy atom. The van der Waals surface area contributed by atoms with Crippen LogP contribution in [0.2, 0.25) is 0 Å². The first-order chi connectivity index (χ1) is 9.61. The van der Waals surface area contributed by atoms with E-state index in [0.29, 0.717) is 12.1 Å². The van der Waals surface area contributed by atoms with Crippen LogP contribution in [0, 0.1) is 0 Å². The lowest BCUT2D eigenvalue weighted by atomic mass is 10.1. The molecule has 3 N–H and O–H groups in total. The van der Waals surface area contributed by atoms with Crippen molar-refractivity contribution in [2.75, 3.05) is 12.3 Å². The highest BCUT2D eigenvalue weighted by atomic mass is 79.9. The Balaban J connectivity index is 1.79. The van der Waals surface area contributed by atoms with Crippen LogP contribution in [-0.2, 0) is 19.5 Å². The summed E-state index contributed by atoms with van der Waals surface area (Å²) in [6.07, 6.45) is 2.52. The summed E-state index contributed by atoms with van der Waals surface area (Å²) in [4.78, 5) is 25.2. The predicted octanol–water partition coefficient (Wildman–Crippen LogP) is 1.07. The van der Waals surface area contributed by atoms with Crippen LogP contribution >= 0.6 is 15.9 Å². The van der Waals surface area contributed by atoms with Gasteiger partial charge in [-0.3, -0.25) is 19.7 Å². The van der Waals surface area contributed by atoms with E-state index in [0.717, 1.165) is 35.4 Å². The normalized spacial score (nSPS) is 15.1. The number of nitrogen functional groups attached to an aromatic ring is 1. The van der Waals surface area contributed by atoms with Crippen molar-refractivity contribution in [1.82, 2.24) is 19.9 Å². The summed E-state index contributed by atoms with van der Waals surface area (Å²) in [7, 11) is 0. The van der Waals surface area contributed by atoms with Gasteiger partial charge in [-0.25, -0.2) is 4.98 Å². The summed E-state index contributed by atoms with van der Waals surface area (Å²) < 4.78 is 0.960. The molecule has 6 nitrogen and oxygen atoms in total. The molecule has 3 heterocycles. The summed E-state index contributed by atoms with van der Waals surface area (Å²) in [5.74, 6) is 0.191. The third kappa shape index (κ3) is 2.73. The van der Waals surface area contributed by atoms with E-state index in [1.54, 1.807) is 6.20 Å². The van der Waals surface area contributed by atoms with E-state index in [1.165, 1.54) is 0 Å². The summed E-state index contributed by atoms with van der Waals surface area (Å²) in [5.41, 5.74) is 7.93. The van der Waals surface area contributed by atoms with E-state index in [1.807, 2.05) is 12.1 Å². The number of hydrogen-bond donors (Lipinski definition) is 2. The SMILES string of the molecule is Nc1nc2c(c(=O)[nH]1)CN(Cc1ccc(Br)cn1)CC2. The van der Waals surface area contributed by atoms with Crippen LogP contribution in [0.3, 0.4) is 0 Å². The van der Waals surface area contributed by atoms with Crippen molar-refractivity contribution in [3.8, 4) is 0 Å². The Labute approximate surface area is 124 Å². The third-order valence-corrected chi connectivity index (χ3v) is 3.81. The molecular formula is C13H14BrN5O. The van der Waals surface area contributed by atoms with Crippen molar-refractivity contribution in [3.63, 3.8) is 0 Å². The fourth-order valence-electron chi connectivity index (χ4n) is 2.36. The zero-order valence-corrected chi connectivity index (χ0v) is 12.4. The Morgan fingerprint density at radius 1 is 1.45 bits per heavy atom. The molecular weight excluding hydrogens is 322 g/mol. The molecule has 2 aromatic heterocycles. The average molecular weight is 336 g/mol. The Morgan fingerprint density at radius 2 is 2.30 bits per heavy atom. The van der Waals surface area contributed by atoms with Crippen LogP contribution in [0.1, 0.15) is 17.0 Å². The smallest absolute Gasteiger partial charge is 0.257 e. The number of nitrogens with zero attached hydrogens (tertiary/aromatic N) is 3. The van der Waals surface area contributed by atoms with Crippen molar-refractivity contribution in [2.24, 2.45) is 0 Å². The molecule has 0 bridgehead atoms. The van der Waals surface area contributed by atoms with Crippen LogP contribution in [0.5, 0.6) is 0 Å². The lowest BCUT2D eigenvalue weighted by Crippen LogP contribution is -2.35. The van der Waals surface area contributed by atoms with Gasteiger partial charge in [0.05, 0.1) is 17.0 Å². The van der Waals surface area contributed by atoms with Crippen LogP contribution in [-0.4, -0.2) is 26.4 Å². The molecule has 0 unspecified atom stereocenters. The van der Waals surface area contributed by atoms with E-state index >= 15 is 0 Å². The number of nitrogens with one attached hydrogen (secondary N) is 1. The first-order valence-corrected chi connectivity index (χ1v) is 7.11. The van der Waals surface area contributed by atoms with Crippen molar-refractivity contribution >= 4 is 21.9 Å². The van der Waals surface area contributed by atoms with Gasteiger partial charge in [0, 0.05) is 36.7 Å². The van der Waals surface area contributed by atoms with Crippen LogP contribution < -0.4 is 11.3 Å². The summed E-state index contributed by atoms with van der Waals surface area (Å²) in [6, 6.07) is 3.94. The number of aromatic nitrogens is 3. The molecule has 0 saturated carbocycles. The van der Waals surface area contributed by atoms with E-state index in [2.05, 4.69) is 35.8 Å². The zero-order valence-electron chi connectivity index (χ0n) is 10.8. The van der Waals surface area contributed by atoms with Crippen molar-refractivity contribution in [3.05, 3.63) is 50.1 Å². The van der Waals surface area contributed by atoms with E-state index in [-0.39, 0.29) is 11.5 Å². The molecule has 104 valence electrons. The maximum atomic E-state index is 11.9. The average Bonchev–Trinajstić information content (AvgIpc) is 2.42. The molecule has 0 spiro atoms. The second-order valence-electron chi connectivity index (χ2n) is 4.80. The molecule has 0 amide bonds. The van der Waals surface area contributed by atoms with Gasteiger partial charge in [-0.1, -0.05) is 0 Å². The van der Waals surface area contributed by atoms with Gasteiger partial charge in [-0.15, -0.1) is 0 Å². The Kier molecular flexibility index (Phi) is 3.54. The van der Waals surface area contributed by atoms with Gasteiger partial charge in [-0.2, -0.15) is 0 Å². The third-order valence-electron chi connectivity index (χ3n) is 3.34. The number of pyridine rings is 1. The number of hydrogen-bond acceptors (Lipinski definition) is 5. The largest absolute Gasteiger partial charge is 0.369 e. The van der Waals surface area contributed by atoms with Crippen molar-refractivity contribution in [2.45, 2.75) is 19.5 Å². The molecule has 0 atom stereocenters. The number of rotatable bonds is 2. The van der Waals surface area contributed by atoms with Gasteiger partial charge in [0.1, 0.15) is 0 Å². The molecule has 0 radical (unpaired) electrons. The van der Waals surface area contributed by atoms with Gasteiger partial charge in [0.2, 0.25) is 5.95 Å². The summed E-state index contributed by atoms with van der Waals surface area (Å²) >= 11 is 3.37. The minimum Gasteiger partial charge on any atom is -0.369 e. The van der Waals surface area contributed by atoms with E-state index in [4.69, 9.17) is 5.73 Å². The maximum absolute atomic E-state index is 11.9. The van der Waals surface area contributed by atoms with Gasteiger partial charge < -0.3 is 5.73 Å². The first-order valence-electron chi connectivity index (χ1n) is 6.32. The van der Waals surface area contributed by atoms with Gasteiger partial charge in [-0.05, 0) is 28.1 Å². The standard InChI is InChI=1S/C13H14BrN5O/c14-8-1-2-9(16-5-8)6-19-4-3-11-10(7-19)12(20)18-13(15)17-11/h1-2,5H,3-4,6-7H2,(H3,15,17,18,20). The fraction of sp³-hybridized carbons (Fsp3) is 0.308. The maximum Gasteiger partial charge on any atom is 0.257 e. The van der Waals surface area contributed by atoms with Gasteiger partial charge in [0.15, 0.2) is 0 Å². The molecule has 1 aliphatic heterocycles. The monoisotopic (exact) mass is 335 g/mol. The van der Waals surface area contributed by atoms with E-state index < -0.39 is 0 Å². The highest BCUT2D eigenvalue weighted by Gasteiger charge is 2.21. The van der Waals surface area contributed by atoms with Gasteiger partial charge in [0.25, 0.3) is 5.56 Å². The van der Waals surface area contributed by atoms with E-state index in [9.17, 15) is 4.79 Å². The van der Waals surface area contributed by atoms with Crippen LogP contribution in [0.4, 0.5) is 5.95 Å². The highest BCUT2D eigenvalue weighted by molar-refractivity contribution is 9.10. The quantitative estimate of drug-likeness (QED) is 0.856. The van der Waals surface area contributed by atoms with Gasteiger partial charge >= 0.3 is 0 Å². The fourth-order valence-corrected chi connectivity index (χ4v) is 2.60. The zero-order chi connectivity index (χ0) is 14.1. The lowest BCUT2D eigenvalue weighted by molar-refractivity contribution is 0.239. The Hall–Kier alpha value is -1.73. The highest BCUT2D eigenvalue weighted by Crippen LogP contribution is 2.16. The number of fused-ring (bicyclic) bond motifs is 1. The first kappa shape index (κ1) is 13.3. The minimum atomic E-state index is -0.138. The molecule has 3 rings (SSSR count). The molecule has 0 saturated heterocycles. The number of halogens is 1. The molecule has 7 heteroatoms. The number of aromatic amines is 1. The molecule has 0 fully saturated rings. The molecule has 0 aliphatic carbocycles. The van der Waals surface area contributed by atoms with Crippen LogP contribution in [0.25, 0.3) is 0 Å². The predicted molar refractivity (Wildman–Crippen MR) is 79.0 cm³/mol. The number of nitrogens with two attached hydrogens (primary N) is 1. The van der Waals surface area contributed by atoms with Crippen LogP contribution in [0.15, 0.2) is 27.6 Å². The molecule has 0 aromatic carbocycles. The Bertz CT molecular complexity index is 682. The minimum absolute atomic E-state index is 0.138. The second kappa shape index (κ2) is 5.34. The second-order valence-corrected chi connectivity index (χ2v) is 5.72. The number of anilines is 1. The van der Waals surface area contributed by atoms with Crippen molar-refractivity contribution in [1.29, 1.82) is 0 Å². The summed E-state index contributed by atoms with van der Waals surface area (Å²) in [5, 5.41) is 0. The topological polar surface area (TPSA) is 87.9 Å². The number of H-pyrrole nitrogens is 1. The molecule has 1 aliphatic rings. The molecule has 2 aromatic rings. The summed E-state index contributed by atoms with van der Waals surface area (Å²) in [6.45, 7) is 2.15. The molecule has 20 heavy (non-hydrogen) atoms. The lowest BCUT2D eigenvalue weighted by Gasteiger charge is -2.27. The van der Waals surface area contributed by atoms with Crippen molar-refractivity contribution < 1.29 is 0 Å².